The molecule has 180 valence electrons. The summed E-state index contributed by atoms with van der Waals surface area (Å²) >= 11 is 4.11. The Morgan fingerprint density at radius 1 is 0.879 bits per heavy atom. The summed E-state index contributed by atoms with van der Waals surface area (Å²) in [7, 11) is -1.23. The van der Waals surface area contributed by atoms with E-state index in [1.54, 1.807) is 29.3 Å². The molecule has 3 heterocycles. The molecule has 0 N–H and O–H groups in total. The van der Waals surface area contributed by atoms with E-state index in [-0.39, 0.29) is 5.41 Å². The maximum atomic E-state index is 2.63. The van der Waals surface area contributed by atoms with Gasteiger partial charge < -0.3 is 0 Å². The van der Waals surface area contributed by atoms with Crippen molar-refractivity contribution in [3.05, 3.63) is 51.7 Å². The number of thiophene rings is 2. The molecule has 2 unspecified atom stereocenters. The van der Waals surface area contributed by atoms with Gasteiger partial charge in [0.2, 0.25) is 0 Å². The Balaban J connectivity index is 1.94. The van der Waals surface area contributed by atoms with Gasteiger partial charge in [0, 0.05) is 19.5 Å². The van der Waals surface area contributed by atoms with Crippen molar-refractivity contribution in [2.24, 2.45) is 5.92 Å². The quantitative estimate of drug-likeness (QED) is 0.275. The van der Waals surface area contributed by atoms with Crippen LogP contribution in [-0.2, 0) is 11.8 Å². The van der Waals surface area contributed by atoms with Crippen LogP contribution in [-0.4, -0.2) is 5.75 Å². The van der Waals surface area contributed by atoms with E-state index in [1.807, 2.05) is 11.3 Å². The molecule has 0 bridgehead atoms. The van der Waals surface area contributed by atoms with Crippen molar-refractivity contribution in [3.63, 3.8) is 0 Å². The molecule has 1 aromatic carbocycles. The summed E-state index contributed by atoms with van der Waals surface area (Å²) in [5, 5.41) is 0. The van der Waals surface area contributed by atoms with Gasteiger partial charge in [0.15, 0.2) is 0 Å². The van der Waals surface area contributed by atoms with Gasteiger partial charge >= 0.3 is 0 Å². The van der Waals surface area contributed by atoms with Crippen LogP contribution in [0.2, 0.25) is 0 Å². The van der Waals surface area contributed by atoms with Gasteiger partial charge in [-0.2, -0.15) is 10.0 Å². The first-order valence-electron chi connectivity index (χ1n) is 12.9. The number of aryl methyl sites for hydroxylation is 2. The first-order chi connectivity index (χ1) is 15.7. The molecule has 33 heavy (non-hydrogen) atoms. The number of rotatable bonds is 9. The van der Waals surface area contributed by atoms with Gasteiger partial charge in [0.1, 0.15) is 0 Å². The fourth-order valence-electron chi connectivity index (χ4n) is 5.15. The van der Waals surface area contributed by atoms with Crippen LogP contribution in [0.3, 0.4) is 0 Å². The summed E-state index contributed by atoms with van der Waals surface area (Å²) in [6.45, 7) is 16.5. The van der Waals surface area contributed by atoms with Crippen molar-refractivity contribution in [2.45, 2.75) is 107 Å². The highest BCUT2D eigenvalue weighted by molar-refractivity contribution is 8.34. The predicted octanol–water partition coefficient (Wildman–Crippen LogP) is 10.8. The Labute approximate surface area is 212 Å². The highest BCUT2D eigenvalue weighted by atomic mass is 32.3. The fraction of sp³-hybridized carbons (Fsp3) is 0.533. The lowest BCUT2D eigenvalue weighted by molar-refractivity contribution is 0.497. The number of hydrogen-bond acceptors (Lipinski definition) is 2. The van der Waals surface area contributed by atoms with Crippen LogP contribution in [0.5, 0.6) is 0 Å². The Morgan fingerprint density at radius 3 is 2.15 bits per heavy atom. The molecule has 2 aromatic heterocycles. The summed E-state index contributed by atoms with van der Waals surface area (Å²) in [5.41, 5.74) is 1.68. The third-order valence-corrected chi connectivity index (χ3v) is 14.3. The lowest BCUT2D eigenvalue weighted by Gasteiger charge is -2.41. The molecule has 0 nitrogen and oxygen atoms in total. The molecule has 0 saturated carbocycles. The lowest BCUT2D eigenvalue weighted by atomic mass is 9.95. The second-order valence-electron chi connectivity index (χ2n) is 10.8. The molecule has 0 amide bonds. The van der Waals surface area contributed by atoms with E-state index >= 15 is 0 Å². The number of benzene rings is 1. The fourth-order valence-corrected chi connectivity index (χ4v) is 13.2. The normalized spacial score (nSPS) is 20.3. The van der Waals surface area contributed by atoms with Crippen molar-refractivity contribution in [1.29, 1.82) is 0 Å². The van der Waals surface area contributed by atoms with E-state index in [0.717, 1.165) is 5.92 Å². The average Bonchev–Trinajstić information content (AvgIpc) is 3.44. The largest absolute Gasteiger partial charge is 0.157 e. The number of hydrogen-bond donors (Lipinski definition) is 0. The van der Waals surface area contributed by atoms with Crippen LogP contribution in [0.25, 0.3) is 9.75 Å². The first kappa shape index (κ1) is 25.1. The molecule has 0 fully saturated rings. The minimum Gasteiger partial charge on any atom is -0.157 e. The van der Waals surface area contributed by atoms with E-state index in [2.05, 4.69) is 96.2 Å². The Kier molecular flexibility index (Phi) is 7.53. The summed E-state index contributed by atoms with van der Waals surface area (Å²) in [6.07, 6.45) is 7.68. The zero-order valence-corrected chi connectivity index (χ0v) is 24.2. The second kappa shape index (κ2) is 9.91. The zero-order valence-electron chi connectivity index (χ0n) is 21.7. The number of fused-ring (bicyclic) bond motifs is 3. The Hall–Kier alpha value is -1.03. The van der Waals surface area contributed by atoms with Crippen molar-refractivity contribution in [1.82, 2.24) is 0 Å². The predicted molar refractivity (Wildman–Crippen MR) is 152 cm³/mol. The number of unbranched alkanes of at least 4 members (excludes halogenated alkanes) is 1. The molecule has 0 spiro atoms. The van der Waals surface area contributed by atoms with E-state index in [0.29, 0.717) is 0 Å². The standard InChI is InChI=1S/C30H42S3/c1-8-11-13-22(10-3)20-33(24-16-14-23(12-9-2)15-17-24)25-18-21(4)31-28(25)29-26(33)19-27(32-29)30(5,6)7/h14-19,22H,8-13,20H2,1-7H3. The van der Waals surface area contributed by atoms with E-state index < -0.39 is 10.0 Å². The van der Waals surface area contributed by atoms with Gasteiger partial charge in [-0.25, -0.2) is 0 Å². The van der Waals surface area contributed by atoms with Gasteiger partial charge in [-0.3, -0.25) is 0 Å². The van der Waals surface area contributed by atoms with Crippen LogP contribution < -0.4 is 0 Å². The van der Waals surface area contributed by atoms with E-state index in [1.165, 1.54) is 54.7 Å². The van der Waals surface area contributed by atoms with Gasteiger partial charge in [-0.15, -0.1) is 22.7 Å². The summed E-state index contributed by atoms with van der Waals surface area (Å²) < 4.78 is 0. The molecule has 0 aliphatic carbocycles. The van der Waals surface area contributed by atoms with Gasteiger partial charge in [0.05, 0.1) is 9.75 Å². The highest BCUT2D eigenvalue weighted by Crippen LogP contribution is 2.79. The topological polar surface area (TPSA) is 0 Å². The SMILES string of the molecule is CCCCC(CC)CS1(c2ccc(CCC)cc2)c2cc(C)sc2-c2sc(C(C)(C)C)cc21. The average molecular weight is 499 g/mol. The van der Waals surface area contributed by atoms with E-state index in [9.17, 15) is 0 Å². The van der Waals surface area contributed by atoms with Crippen LogP contribution in [0.1, 0.15) is 89.0 Å². The van der Waals surface area contributed by atoms with Crippen LogP contribution in [0.4, 0.5) is 0 Å². The van der Waals surface area contributed by atoms with Crippen molar-refractivity contribution < 1.29 is 0 Å². The summed E-state index contributed by atoms with van der Waals surface area (Å²) in [6, 6.07) is 15.1. The smallest absolute Gasteiger partial charge is 0.0584 e. The third kappa shape index (κ3) is 4.62. The third-order valence-electron chi connectivity index (χ3n) is 7.11. The molecular weight excluding hydrogens is 457 g/mol. The molecule has 4 rings (SSSR count). The minimum absolute atomic E-state index is 0.198. The van der Waals surface area contributed by atoms with Crippen molar-refractivity contribution in [2.75, 3.05) is 5.75 Å². The summed E-state index contributed by atoms with van der Waals surface area (Å²) in [5.74, 6) is 2.10. The lowest BCUT2D eigenvalue weighted by Crippen LogP contribution is -2.15. The molecule has 0 radical (unpaired) electrons. The van der Waals surface area contributed by atoms with Gasteiger partial charge in [0.25, 0.3) is 0 Å². The van der Waals surface area contributed by atoms with Crippen LogP contribution in [0, 0.1) is 12.8 Å². The van der Waals surface area contributed by atoms with Crippen molar-refractivity contribution >= 4 is 32.7 Å². The highest BCUT2D eigenvalue weighted by Gasteiger charge is 2.45. The monoisotopic (exact) mass is 498 g/mol. The Bertz CT molecular complexity index is 1080. The van der Waals surface area contributed by atoms with Crippen molar-refractivity contribution in [3.8, 4) is 9.75 Å². The molecule has 1 aliphatic heterocycles. The molecule has 3 aromatic rings. The summed E-state index contributed by atoms with van der Waals surface area (Å²) in [4.78, 5) is 11.1. The molecule has 0 saturated heterocycles. The second-order valence-corrected chi connectivity index (χ2v) is 16.3. The van der Waals surface area contributed by atoms with Crippen LogP contribution in [0.15, 0.2) is 51.1 Å². The Morgan fingerprint density at radius 2 is 1.55 bits per heavy atom. The zero-order chi connectivity index (χ0) is 23.8. The van der Waals surface area contributed by atoms with Gasteiger partial charge in [-0.1, -0.05) is 79.4 Å². The van der Waals surface area contributed by atoms with Gasteiger partial charge in [-0.05, 0) is 71.6 Å². The molecular formula is C30H42S3. The molecule has 3 heteroatoms. The van der Waals surface area contributed by atoms with E-state index in [4.69, 9.17) is 0 Å². The minimum atomic E-state index is -1.23. The maximum Gasteiger partial charge on any atom is 0.0584 e. The maximum absolute atomic E-state index is 2.63. The molecule has 2 atom stereocenters. The molecule has 1 aliphatic rings. The van der Waals surface area contributed by atoms with Crippen LogP contribution >= 0.6 is 32.7 Å². The first-order valence-corrected chi connectivity index (χ1v) is 16.3.